The van der Waals surface area contributed by atoms with Crippen LogP contribution in [-0.4, -0.2) is 20.6 Å². The molecule has 0 heterocycles. The Hall–Kier alpha value is -2.55. The molecule has 5 nitrogen and oxygen atoms in total. The second-order valence-electron chi connectivity index (χ2n) is 6.51. The number of halogens is 3. The third-order valence-corrected chi connectivity index (χ3v) is 4.86. The number of carbonyl (C=O) groups is 1. The molecular weight excluding hydrogens is 381 g/mol. The molecule has 2 aromatic rings. The van der Waals surface area contributed by atoms with Gasteiger partial charge in [-0.05, 0) is 54.3 Å². The van der Waals surface area contributed by atoms with E-state index in [1.54, 1.807) is 12.1 Å². The first-order valence-electron chi connectivity index (χ1n) is 8.09. The van der Waals surface area contributed by atoms with E-state index in [1.165, 1.54) is 24.3 Å². The van der Waals surface area contributed by atoms with Crippen molar-refractivity contribution < 1.29 is 26.4 Å². The highest BCUT2D eigenvalue weighted by molar-refractivity contribution is 7.92. The first-order valence-corrected chi connectivity index (χ1v) is 9.98. The fourth-order valence-corrected chi connectivity index (χ4v) is 3.41. The second-order valence-corrected chi connectivity index (χ2v) is 8.26. The first-order chi connectivity index (χ1) is 12.5. The van der Waals surface area contributed by atoms with E-state index in [-0.39, 0.29) is 17.7 Å². The van der Waals surface area contributed by atoms with Gasteiger partial charge in [-0.1, -0.05) is 12.1 Å². The summed E-state index contributed by atoms with van der Waals surface area (Å²) in [6, 6.07) is 11.1. The summed E-state index contributed by atoms with van der Waals surface area (Å²) in [4.78, 5) is 12.3. The molecule has 27 heavy (non-hydrogen) atoms. The van der Waals surface area contributed by atoms with Crippen LogP contribution in [0.3, 0.4) is 0 Å². The minimum atomic E-state index is -4.38. The molecule has 3 rings (SSSR count). The highest BCUT2D eigenvalue weighted by atomic mass is 32.2. The van der Waals surface area contributed by atoms with Crippen LogP contribution < -0.4 is 10.0 Å². The van der Waals surface area contributed by atoms with Crippen molar-refractivity contribution in [3.63, 3.8) is 0 Å². The number of nitrogens with one attached hydrogen (secondary N) is 2. The molecule has 0 aromatic heterocycles. The van der Waals surface area contributed by atoms with E-state index in [0.717, 1.165) is 18.4 Å². The molecule has 9 heteroatoms. The van der Waals surface area contributed by atoms with E-state index >= 15 is 0 Å². The molecule has 2 atom stereocenters. The summed E-state index contributed by atoms with van der Waals surface area (Å²) in [5, 5.41) is 2.73. The predicted molar refractivity (Wildman–Crippen MR) is 95.8 cm³/mol. The van der Waals surface area contributed by atoms with Crippen LogP contribution in [0.5, 0.6) is 0 Å². The average Bonchev–Trinajstić information content (AvgIpc) is 3.35. The molecule has 1 fully saturated rings. The molecule has 2 unspecified atom stereocenters. The minimum Gasteiger partial charge on any atom is -0.326 e. The lowest BCUT2D eigenvalue weighted by Gasteiger charge is -2.08. The number of hydrogen-bond acceptors (Lipinski definition) is 3. The van der Waals surface area contributed by atoms with Crippen molar-refractivity contribution in [3.05, 3.63) is 59.7 Å². The van der Waals surface area contributed by atoms with E-state index in [2.05, 4.69) is 10.0 Å². The molecule has 0 radical (unpaired) electrons. The quantitative estimate of drug-likeness (QED) is 0.804. The third kappa shape index (κ3) is 5.00. The molecule has 0 bridgehead atoms. The van der Waals surface area contributed by atoms with Gasteiger partial charge in [-0.25, -0.2) is 8.42 Å². The van der Waals surface area contributed by atoms with Crippen molar-refractivity contribution in [1.82, 2.24) is 0 Å². The Labute approximate surface area is 154 Å². The highest BCUT2D eigenvalue weighted by Crippen LogP contribution is 2.48. The molecule has 2 aromatic carbocycles. The van der Waals surface area contributed by atoms with E-state index in [0.29, 0.717) is 23.4 Å². The zero-order valence-electron chi connectivity index (χ0n) is 14.2. The summed E-state index contributed by atoms with van der Waals surface area (Å²) < 4.78 is 62.5. The first kappa shape index (κ1) is 19.2. The lowest BCUT2D eigenvalue weighted by molar-refractivity contribution is -0.137. The van der Waals surface area contributed by atoms with Gasteiger partial charge in [-0.3, -0.25) is 9.52 Å². The Bertz CT molecular complexity index is 939. The number of amides is 1. The minimum absolute atomic E-state index is 0.0987. The zero-order valence-corrected chi connectivity index (χ0v) is 15.1. The molecule has 1 amide bonds. The van der Waals surface area contributed by atoms with Crippen molar-refractivity contribution in [2.24, 2.45) is 5.92 Å². The number of sulfonamides is 1. The topological polar surface area (TPSA) is 75.3 Å². The highest BCUT2D eigenvalue weighted by Gasteiger charge is 2.44. The van der Waals surface area contributed by atoms with E-state index < -0.39 is 21.8 Å². The summed E-state index contributed by atoms with van der Waals surface area (Å²) in [5.41, 5.74) is 0.883. The lowest BCUT2D eigenvalue weighted by Crippen LogP contribution is -2.15. The molecular formula is C18H17F3N2O3S. The Kier molecular flexibility index (Phi) is 4.90. The smallest absolute Gasteiger partial charge is 0.326 e. The van der Waals surface area contributed by atoms with Gasteiger partial charge in [0.15, 0.2) is 0 Å². The number of hydrogen-bond donors (Lipinski definition) is 2. The second kappa shape index (κ2) is 6.88. The maximum Gasteiger partial charge on any atom is 0.416 e. The number of alkyl halides is 3. The van der Waals surface area contributed by atoms with E-state index in [1.807, 2.05) is 0 Å². The number of anilines is 2. The van der Waals surface area contributed by atoms with Gasteiger partial charge >= 0.3 is 6.18 Å². The van der Waals surface area contributed by atoms with Crippen molar-refractivity contribution >= 4 is 27.3 Å². The number of rotatable bonds is 5. The van der Waals surface area contributed by atoms with Gasteiger partial charge in [0.05, 0.1) is 11.8 Å². The molecule has 0 aliphatic heterocycles. The van der Waals surface area contributed by atoms with Crippen LogP contribution in [-0.2, 0) is 21.0 Å². The van der Waals surface area contributed by atoms with Gasteiger partial charge in [-0.2, -0.15) is 13.2 Å². The summed E-state index contributed by atoms with van der Waals surface area (Å²) in [7, 11) is -3.37. The SMILES string of the molecule is CS(=O)(=O)Nc1ccc(NC(=O)C2CC2c2ccc(C(F)(F)F)cc2)cc1. The molecule has 2 N–H and O–H groups in total. The van der Waals surface area contributed by atoms with E-state index in [4.69, 9.17) is 0 Å². The van der Waals surface area contributed by atoms with Crippen molar-refractivity contribution in [2.75, 3.05) is 16.3 Å². The number of benzene rings is 2. The largest absolute Gasteiger partial charge is 0.416 e. The Morgan fingerprint density at radius 2 is 1.56 bits per heavy atom. The molecule has 0 spiro atoms. The van der Waals surface area contributed by atoms with Gasteiger partial charge in [0.25, 0.3) is 0 Å². The van der Waals surface area contributed by atoms with Crippen molar-refractivity contribution in [2.45, 2.75) is 18.5 Å². The normalized spacial score (nSPS) is 19.4. The van der Waals surface area contributed by atoms with Crippen LogP contribution in [0.15, 0.2) is 48.5 Å². The van der Waals surface area contributed by atoms with Gasteiger partial charge in [0, 0.05) is 17.3 Å². The summed E-state index contributed by atoms with van der Waals surface area (Å²) in [5.74, 6) is -0.613. The average molecular weight is 398 g/mol. The molecule has 1 saturated carbocycles. The lowest BCUT2D eigenvalue weighted by atomic mass is 10.1. The van der Waals surface area contributed by atoms with Crippen LogP contribution in [0.25, 0.3) is 0 Å². The molecule has 1 aliphatic carbocycles. The Morgan fingerprint density at radius 1 is 1.00 bits per heavy atom. The van der Waals surface area contributed by atoms with Crippen LogP contribution in [0.1, 0.15) is 23.5 Å². The Morgan fingerprint density at radius 3 is 2.07 bits per heavy atom. The van der Waals surface area contributed by atoms with Crippen molar-refractivity contribution in [1.29, 1.82) is 0 Å². The monoisotopic (exact) mass is 398 g/mol. The Balaban J connectivity index is 1.58. The zero-order chi connectivity index (χ0) is 19.8. The van der Waals surface area contributed by atoms with Gasteiger partial charge in [0.1, 0.15) is 0 Å². The summed E-state index contributed by atoms with van der Waals surface area (Å²) in [6.07, 6.45) is -2.76. The standard InChI is InChI=1S/C18H17F3N2O3S/c1-27(25,26)23-14-8-6-13(7-9-14)22-17(24)16-10-15(16)11-2-4-12(5-3-11)18(19,20)21/h2-9,15-16,23H,10H2,1H3,(H,22,24). The van der Waals surface area contributed by atoms with E-state index in [9.17, 15) is 26.4 Å². The number of carbonyl (C=O) groups excluding carboxylic acids is 1. The predicted octanol–water partition coefficient (Wildman–Crippen LogP) is 3.82. The fourth-order valence-electron chi connectivity index (χ4n) is 2.84. The van der Waals surface area contributed by atoms with Gasteiger partial charge < -0.3 is 5.32 Å². The van der Waals surface area contributed by atoms with Crippen LogP contribution >= 0.6 is 0 Å². The maximum absolute atomic E-state index is 12.6. The van der Waals surface area contributed by atoms with Crippen molar-refractivity contribution in [3.8, 4) is 0 Å². The summed E-state index contributed by atoms with van der Waals surface area (Å²) >= 11 is 0. The molecule has 144 valence electrons. The maximum atomic E-state index is 12.6. The van der Waals surface area contributed by atoms with Gasteiger partial charge in [-0.15, -0.1) is 0 Å². The fraction of sp³-hybridized carbons (Fsp3) is 0.278. The third-order valence-electron chi connectivity index (χ3n) is 4.25. The summed E-state index contributed by atoms with van der Waals surface area (Å²) in [6.45, 7) is 0. The van der Waals surface area contributed by atoms with Crippen LogP contribution in [0.4, 0.5) is 24.5 Å². The van der Waals surface area contributed by atoms with Crippen LogP contribution in [0.2, 0.25) is 0 Å². The van der Waals surface area contributed by atoms with Gasteiger partial charge in [0.2, 0.25) is 15.9 Å². The van der Waals surface area contributed by atoms with Crippen LogP contribution in [0, 0.1) is 5.92 Å². The molecule has 1 aliphatic rings. The molecule has 0 saturated heterocycles.